The second-order valence-electron chi connectivity index (χ2n) is 4.05. The Balaban J connectivity index is 3.13. The van der Waals surface area contributed by atoms with Crippen LogP contribution in [0.3, 0.4) is 0 Å². The van der Waals surface area contributed by atoms with E-state index < -0.39 is 27.3 Å². The molecule has 0 spiro atoms. The summed E-state index contributed by atoms with van der Waals surface area (Å²) in [5.74, 6) is -1.99. The minimum atomic E-state index is -4.07. The molecule has 0 saturated carbocycles. The maximum absolute atomic E-state index is 13.0. The van der Waals surface area contributed by atoms with Crippen molar-refractivity contribution in [1.82, 2.24) is 4.72 Å². The van der Waals surface area contributed by atoms with Gasteiger partial charge in [0.1, 0.15) is 11.4 Å². The predicted molar refractivity (Wildman–Crippen MR) is 63.1 cm³/mol. The average Bonchev–Trinajstić information content (AvgIpc) is 2.28. The highest BCUT2D eigenvalue weighted by molar-refractivity contribution is 7.89. The molecular formula is C11H14FNO4S. The third kappa shape index (κ3) is 3.05. The summed E-state index contributed by atoms with van der Waals surface area (Å²) in [7, 11) is -4.07. The Bertz CT molecular complexity index is 558. The fourth-order valence-electron chi connectivity index (χ4n) is 1.26. The lowest BCUT2D eigenvalue weighted by molar-refractivity contribution is -0.143. The number of carbonyl (C=O) groups is 1. The lowest BCUT2D eigenvalue weighted by atomic mass is 10.0. The number of aliphatic carboxylic acids is 1. The van der Waals surface area contributed by atoms with E-state index in [1.165, 1.54) is 19.1 Å². The van der Waals surface area contributed by atoms with Gasteiger partial charge in [-0.1, -0.05) is 13.0 Å². The van der Waals surface area contributed by atoms with Gasteiger partial charge in [-0.3, -0.25) is 4.79 Å². The average molecular weight is 275 g/mol. The first-order valence-corrected chi connectivity index (χ1v) is 6.72. The molecule has 1 atom stereocenters. The zero-order valence-corrected chi connectivity index (χ0v) is 10.8. The van der Waals surface area contributed by atoms with E-state index in [0.29, 0.717) is 0 Å². The van der Waals surface area contributed by atoms with E-state index in [0.717, 1.165) is 12.1 Å². The molecule has 18 heavy (non-hydrogen) atoms. The SMILES string of the molecule is CCC(C)(NS(=O)(=O)c1cccc(F)c1)C(=O)O. The number of hydrogen-bond donors (Lipinski definition) is 2. The summed E-state index contributed by atoms with van der Waals surface area (Å²) in [6, 6.07) is 4.38. The predicted octanol–water partition coefficient (Wildman–Crippen LogP) is 1.36. The van der Waals surface area contributed by atoms with E-state index in [1.807, 2.05) is 0 Å². The van der Waals surface area contributed by atoms with Crippen LogP contribution in [-0.2, 0) is 14.8 Å². The van der Waals surface area contributed by atoms with Gasteiger partial charge in [0, 0.05) is 0 Å². The van der Waals surface area contributed by atoms with Crippen molar-refractivity contribution in [2.24, 2.45) is 0 Å². The molecule has 0 heterocycles. The summed E-state index contributed by atoms with van der Waals surface area (Å²) < 4.78 is 38.9. The molecule has 0 aliphatic heterocycles. The van der Waals surface area contributed by atoms with E-state index in [9.17, 15) is 17.6 Å². The Labute approximate surface area is 105 Å². The van der Waals surface area contributed by atoms with Gasteiger partial charge in [-0.15, -0.1) is 0 Å². The molecule has 0 saturated heterocycles. The topological polar surface area (TPSA) is 83.5 Å². The van der Waals surface area contributed by atoms with Gasteiger partial charge in [0.15, 0.2) is 0 Å². The number of sulfonamides is 1. The Kier molecular flexibility index (Phi) is 4.08. The number of benzene rings is 1. The van der Waals surface area contributed by atoms with E-state index in [4.69, 9.17) is 5.11 Å². The Morgan fingerprint density at radius 2 is 2.11 bits per heavy atom. The Morgan fingerprint density at radius 1 is 1.50 bits per heavy atom. The van der Waals surface area contributed by atoms with Crippen LogP contribution in [0.4, 0.5) is 4.39 Å². The minimum absolute atomic E-state index is 0.0663. The summed E-state index contributed by atoms with van der Waals surface area (Å²) in [6.45, 7) is 2.80. The van der Waals surface area contributed by atoms with Gasteiger partial charge in [-0.2, -0.15) is 4.72 Å². The van der Waals surface area contributed by atoms with Crippen LogP contribution in [0.25, 0.3) is 0 Å². The molecule has 7 heteroatoms. The molecular weight excluding hydrogens is 261 g/mol. The van der Waals surface area contributed by atoms with Crippen molar-refractivity contribution in [1.29, 1.82) is 0 Å². The largest absolute Gasteiger partial charge is 0.480 e. The van der Waals surface area contributed by atoms with Crippen LogP contribution in [0, 0.1) is 5.82 Å². The number of carboxylic acid groups (broad SMARTS) is 1. The van der Waals surface area contributed by atoms with E-state index >= 15 is 0 Å². The molecule has 0 fully saturated rings. The van der Waals surface area contributed by atoms with Crippen LogP contribution in [-0.4, -0.2) is 25.0 Å². The van der Waals surface area contributed by atoms with Crippen molar-refractivity contribution >= 4 is 16.0 Å². The van der Waals surface area contributed by atoms with Gasteiger partial charge in [0.2, 0.25) is 10.0 Å². The third-order valence-corrected chi connectivity index (χ3v) is 4.24. The molecule has 0 radical (unpaired) electrons. The fraction of sp³-hybridized carbons (Fsp3) is 0.364. The quantitative estimate of drug-likeness (QED) is 0.849. The van der Waals surface area contributed by atoms with Crippen LogP contribution in [0.2, 0.25) is 0 Å². The summed E-state index contributed by atoms with van der Waals surface area (Å²) in [5, 5.41) is 9.00. The molecule has 2 N–H and O–H groups in total. The molecule has 0 aromatic heterocycles. The van der Waals surface area contributed by atoms with Gasteiger partial charge in [-0.25, -0.2) is 12.8 Å². The number of carboxylic acids is 1. The molecule has 100 valence electrons. The summed E-state index contributed by atoms with van der Waals surface area (Å²) in [6.07, 6.45) is 0.0663. The van der Waals surface area contributed by atoms with Crippen LogP contribution < -0.4 is 4.72 Å². The van der Waals surface area contributed by atoms with Crippen molar-refractivity contribution in [2.45, 2.75) is 30.7 Å². The second-order valence-corrected chi connectivity index (χ2v) is 5.74. The summed E-state index contributed by atoms with van der Waals surface area (Å²) in [5.41, 5.74) is -1.62. The van der Waals surface area contributed by atoms with E-state index in [1.54, 1.807) is 6.92 Å². The van der Waals surface area contributed by atoms with Crippen LogP contribution >= 0.6 is 0 Å². The van der Waals surface area contributed by atoms with Gasteiger partial charge < -0.3 is 5.11 Å². The maximum atomic E-state index is 13.0. The zero-order valence-electron chi connectivity index (χ0n) is 9.97. The molecule has 0 bridgehead atoms. The van der Waals surface area contributed by atoms with E-state index in [-0.39, 0.29) is 11.3 Å². The standard InChI is InChI=1S/C11H14FNO4S/c1-3-11(2,10(14)15)13-18(16,17)9-6-4-5-8(12)7-9/h4-7,13H,3H2,1-2H3,(H,14,15). The van der Waals surface area contributed by atoms with E-state index in [2.05, 4.69) is 4.72 Å². The van der Waals surface area contributed by atoms with Crippen molar-refractivity contribution in [2.75, 3.05) is 0 Å². The maximum Gasteiger partial charge on any atom is 0.324 e. The number of nitrogens with one attached hydrogen (secondary N) is 1. The molecule has 1 unspecified atom stereocenters. The Hall–Kier alpha value is -1.47. The fourth-order valence-corrected chi connectivity index (χ4v) is 2.72. The van der Waals surface area contributed by atoms with Crippen LogP contribution in [0.1, 0.15) is 20.3 Å². The summed E-state index contributed by atoms with van der Waals surface area (Å²) >= 11 is 0. The molecule has 1 aromatic carbocycles. The highest BCUT2D eigenvalue weighted by Gasteiger charge is 2.36. The first kappa shape index (κ1) is 14.6. The van der Waals surface area contributed by atoms with Crippen molar-refractivity contribution in [3.05, 3.63) is 30.1 Å². The number of hydrogen-bond acceptors (Lipinski definition) is 3. The second kappa shape index (κ2) is 5.03. The molecule has 5 nitrogen and oxygen atoms in total. The van der Waals surface area contributed by atoms with Gasteiger partial charge >= 0.3 is 5.97 Å². The van der Waals surface area contributed by atoms with Crippen molar-refractivity contribution < 1.29 is 22.7 Å². The number of halogens is 1. The lowest BCUT2D eigenvalue weighted by Crippen LogP contribution is -2.51. The smallest absolute Gasteiger partial charge is 0.324 e. The molecule has 1 rings (SSSR count). The number of rotatable bonds is 5. The third-order valence-electron chi connectivity index (χ3n) is 2.65. The van der Waals surface area contributed by atoms with Crippen molar-refractivity contribution in [3.63, 3.8) is 0 Å². The first-order chi connectivity index (χ1) is 8.21. The summed E-state index contributed by atoms with van der Waals surface area (Å²) in [4.78, 5) is 10.7. The normalized spacial score (nSPS) is 15.1. The minimum Gasteiger partial charge on any atom is -0.480 e. The van der Waals surface area contributed by atoms with Crippen LogP contribution in [0.5, 0.6) is 0 Å². The van der Waals surface area contributed by atoms with Gasteiger partial charge in [0.05, 0.1) is 4.90 Å². The first-order valence-electron chi connectivity index (χ1n) is 5.24. The Morgan fingerprint density at radius 3 is 2.56 bits per heavy atom. The molecule has 0 aliphatic rings. The highest BCUT2D eigenvalue weighted by Crippen LogP contribution is 2.17. The van der Waals surface area contributed by atoms with Gasteiger partial charge in [-0.05, 0) is 31.5 Å². The molecule has 0 aliphatic carbocycles. The van der Waals surface area contributed by atoms with Gasteiger partial charge in [0.25, 0.3) is 0 Å². The zero-order chi connectivity index (χ0) is 14.0. The van der Waals surface area contributed by atoms with Crippen molar-refractivity contribution in [3.8, 4) is 0 Å². The highest BCUT2D eigenvalue weighted by atomic mass is 32.2. The lowest BCUT2D eigenvalue weighted by Gasteiger charge is -2.24. The molecule has 1 aromatic rings. The molecule has 0 amide bonds. The van der Waals surface area contributed by atoms with Crippen LogP contribution in [0.15, 0.2) is 29.2 Å². The monoisotopic (exact) mass is 275 g/mol.